The van der Waals surface area contributed by atoms with Gasteiger partial charge in [-0.15, -0.1) is 18.2 Å². The van der Waals surface area contributed by atoms with Crippen LogP contribution in [-0.2, 0) is 11.2 Å². The van der Waals surface area contributed by atoms with Crippen LogP contribution >= 0.6 is 11.8 Å². The van der Waals surface area contributed by atoms with Crippen LogP contribution in [0.15, 0.2) is 24.3 Å². The number of terminal acetylenes is 1. The summed E-state index contributed by atoms with van der Waals surface area (Å²) in [6, 6.07) is 8.25. The monoisotopic (exact) mass is 258 g/mol. The van der Waals surface area contributed by atoms with Gasteiger partial charge in [-0.25, -0.2) is 0 Å². The van der Waals surface area contributed by atoms with Gasteiger partial charge in [-0.3, -0.25) is 9.69 Å². The van der Waals surface area contributed by atoms with E-state index < -0.39 is 0 Å². The van der Waals surface area contributed by atoms with Crippen molar-refractivity contribution in [2.24, 2.45) is 0 Å². The van der Waals surface area contributed by atoms with Crippen LogP contribution in [0.1, 0.15) is 12.0 Å². The Balaban J connectivity index is 1.94. The standard InChI is InChI=1S/C14H14N2OS/c1-2-9-16-13(17)10-18-14(16)8-7-11-5-3-4-6-12(11)15-14/h1,3-6,15H,7-10H2/t14-/m0/s1. The van der Waals surface area contributed by atoms with Crippen molar-refractivity contribution < 1.29 is 4.79 Å². The number of hydrogen-bond acceptors (Lipinski definition) is 3. The fourth-order valence-corrected chi connectivity index (χ4v) is 3.86. The van der Waals surface area contributed by atoms with E-state index in [-0.39, 0.29) is 10.9 Å². The number of amides is 1. The van der Waals surface area contributed by atoms with E-state index in [4.69, 9.17) is 6.42 Å². The molecule has 0 bridgehead atoms. The molecule has 0 unspecified atom stereocenters. The fourth-order valence-electron chi connectivity index (χ4n) is 2.59. The minimum absolute atomic E-state index is 0.129. The molecule has 2 heterocycles. The van der Waals surface area contributed by atoms with E-state index in [0.29, 0.717) is 12.3 Å². The molecule has 4 heteroatoms. The first-order valence-corrected chi connectivity index (χ1v) is 6.98. The van der Waals surface area contributed by atoms with Crippen molar-refractivity contribution in [1.29, 1.82) is 0 Å². The zero-order valence-corrected chi connectivity index (χ0v) is 10.8. The van der Waals surface area contributed by atoms with E-state index in [2.05, 4.69) is 23.4 Å². The van der Waals surface area contributed by atoms with Crippen LogP contribution in [0.2, 0.25) is 0 Å². The van der Waals surface area contributed by atoms with Gasteiger partial charge in [0, 0.05) is 12.1 Å². The Morgan fingerprint density at radius 2 is 2.33 bits per heavy atom. The van der Waals surface area contributed by atoms with Gasteiger partial charge in [-0.2, -0.15) is 0 Å². The quantitative estimate of drug-likeness (QED) is 0.781. The third kappa shape index (κ3) is 1.67. The number of rotatable bonds is 1. The third-order valence-corrected chi connectivity index (χ3v) is 4.90. The molecular weight excluding hydrogens is 244 g/mol. The summed E-state index contributed by atoms with van der Waals surface area (Å²) in [4.78, 5) is 13.4. The van der Waals surface area contributed by atoms with E-state index in [1.807, 2.05) is 12.1 Å². The second-order valence-corrected chi connectivity index (χ2v) is 5.79. The van der Waals surface area contributed by atoms with Gasteiger partial charge in [0.25, 0.3) is 0 Å². The smallest absolute Gasteiger partial charge is 0.236 e. The highest BCUT2D eigenvalue weighted by Gasteiger charge is 2.47. The lowest BCUT2D eigenvalue weighted by atomic mass is 10.0. The number of thioether (sulfide) groups is 1. The molecule has 0 saturated carbocycles. The molecule has 1 aromatic rings. The summed E-state index contributed by atoms with van der Waals surface area (Å²) in [5.74, 6) is 3.23. The molecular formula is C14H14N2OS. The lowest BCUT2D eigenvalue weighted by Gasteiger charge is -2.41. The highest BCUT2D eigenvalue weighted by atomic mass is 32.2. The molecule has 0 radical (unpaired) electrons. The molecule has 92 valence electrons. The first-order valence-electron chi connectivity index (χ1n) is 5.99. The van der Waals surface area contributed by atoms with E-state index >= 15 is 0 Å². The van der Waals surface area contributed by atoms with E-state index in [1.165, 1.54) is 5.56 Å². The Bertz CT molecular complexity index is 537. The van der Waals surface area contributed by atoms with Crippen molar-refractivity contribution in [2.45, 2.75) is 17.8 Å². The molecule has 1 atom stereocenters. The van der Waals surface area contributed by atoms with Crippen molar-refractivity contribution in [1.82, 2.24) is 4.90 Å². The van der Waals surface area contributed by atoms with Crippen LogP contribution in [0.5, 0.6) is 0 Å². The number of nitrogens with one attached hydrogen (secondary N) is 1. The highest BCUT2D eigenvalue weighted by molar-refractivity contribution is 8.01. The van der Waals surface area contributed by atoms with Gasteiger partial charge >= 0.3 is 0 Å². The predicted octanol–water partition coefficient (Wildman–Crippen LogP) is 1.91. The summed E-state index contributed by atoms with van der Waals surface area (Å²) in [6.07, 6.45) is 7.26. The Labute approximate surface area is 111 Å². The molecule has 2 aliphatic heterocycles. The molecule has 1 N–H and O–H groups in total. The summed E-state index contributed by atoms with van der Waals surface area (Å²) in [7, 11) is 0. The van der Waals surface area contributed by atoms with Crippen molar-refractivity contribution in [3.05, 3.63) is 29.8 Å². The van der Waals surface area contributed by atoms with Gasteiger partial charge in [0.1, 0.15) is 0 Å². The van der Waals surface area contributed by atoms with Crippen molar-refractivity contribution in [3.8, 4) is 12.3 Å². The summed E-state index contributed by atoms with van der Waals surface area (Å²) >= 11 is 1.66. The van der Waals surface area contributed by atoms with Crippen LogP contribution in [-0.4, -0.2) is 28.1 Å². The van der Waals surface area contributed by atoms with Gasteiger partial charge in [-0.1, -0.05) is 24.1 Å². The van der Waals surface area contributed by atoms with Gasteiger partial charge < -0.3 is 5.32 Å². The second-order valence-electron chi connectivity index (χ2n) is 4.54. The lowest BCUT2D eigenvalue weighted by molar-refractivity contribution is -0.129. The molecule has 1 fully saturated rings. The number of carbonyl (C=O) groups excluding carboxylic acids is 1. The average Bonchev–Trinajstić information content (AvgIpc) is 2.69. The molecule has 18 heavy (non-hydrogen) atoms. The first-order chi connectivity index (χ1) is 8.75. The first kappa shape index (κ1) is 11.5. The molecule has 1 aromatic carbocycles. The Morgan fingerprint density at radius 3 is 3.17 bits per heavy atom. The molecule has 3 rings (SSSR count). The molecule has 0 aromatic heterocycles. The van der Waals surface area contributed by atoms with E-state index in [1.54, 1.807) is 16.7 Å². The van der Waals surface area contributed by atoms with Crippen LogP contribution < -0.4 is 5.32 Å². The average molecular weight is 258 g/mol. The maximum absolute atomic E-state index is 11.9. The number of aryl methyl sites for hydroxylation is 1. The number of fused-ring (bicyclic) bond motifs is 1. The van der Waals surface area contributed by atoms with Crippen molar-refractivity contribution in [3.63, 3.8) is 0 Å². The Kier molecular flexibility index (Phi) is 2.71. The summed E-state index contributed by atoms with van der Waals surface area (Å²) in [5, 5.41) is 3.51. The van der Waals surface area contributed by atoms with Gasteiger partial charge in [0.2, 0.25) is 5.91 Å². The fraction of sp³-hybridized carbons (Fsp3) is 0.357. The zero-order valence-electron chi connectivity index (χ0n) is 9.98. The molecule has 3 nitrogen and oxygen atoms in total. The Morgan fingerprint density at radius 1 is 1.50 bits per heavy atom. The molecule has 1 amide bonds. The normalized spacial score (nSPS) is 25.7. The number of carbonyl (C=O) groups is 1. The minimum Gasteiger partial charge on any atom is -0.354 e. The predicted molar refractivity (Wildman–Crippen MR) is 74.1 cm³/mol. The molecule has 0 aliphatic carbocycles. The minimum atomic E-state index is -0.336. The van der Waals surface area contributed by atoms with Crippen molar-refractivity contribution >= 4 is 23.4 Å². The largest absolute Gasteiger partial charge is 0.354 e. The molecule has 1 spiro atoms. The summed E-state index contributed by atoms with van der Waals surface area (Å²) in [5.41, 5.74) is 2.43. The SMILES string of the molecule is C#CCN1C(=O)CS[C@]12CCc1ccccc1N2. The Hall–Kier alpha value is -1.60. The van der Waals surface area contributed by atoms with E-state index in [0.717, 1.165) is 18.5 Å². The second kappa shape index (κ2) is 4.25. The summed E-state index contributed by atoms with van der Waals surface area (Å²) < 4.78 is 0. The van der Waals surface area contributed by atoms with Crippen LogP contribution in [0.25, 0.3) is 0 Å². The van der Waals surface area contributed by atoms with Gasteiger partial charge in [-0.05, 0) is 18.1 Å². The third-order valence-electron chi connectivity index (χ3n) is 3.50. The number of hydrogen-bond donors (Lipinski definition) is 1. The summed E-state index contributed by atoms with van der Waals surface area (Å²) in [6.45, 7) is 0.376. The highest BCUT2D eigenvalue weighted by Crippen LogP contribution is 2.44. The number of para-hydroxylation sites is 1. The number of anilines is 1. The maximum atomic E-state index is 11.9. The zero-order chi connectivity index (χ0) is 12.6. The maximum Gasteiger partial charge on any atom is 0.236 e. The van der Waals surface area contributed by atoms with Crippen LogP contribution in [0.4, 0.5) is 5.69 Å². The number of benzene rings is 1. The van der Waals surface area contributed by atoms with Gasteiger partial charge in [0.15, 0.2) is 4.99 Å². The molecule has 1 saturated heterocycles. The lowest BCUT2D eigenvalue weighted by Crippen LogP contribution is -2.52. The topological polar surface area (TPSA) is 32.3 Å². The van der Waals surface area contributed by atoms with E-state index in [9.17, 15) is 4.79 Å². The van der Waals surface area contributed by atoms with Crippen LogP contribution in [0, 0.1) is 12.3 Å². The molecule has 2 aliphatic rings. The van der Waals surface area contributed by atoms with Crippen molar-refractivity contribution in [2.75, 3.05) is 17.6 Å². The van der Waals surface area contributed by atoms with Gasteiger partial charge in [0.05, 0.1) is 12.3 Å². The number of nitrogens with zero attached hydrogens (tertiary/aromatic N) is 1. The van der Waals surface area contributed by atoms with Crippen LogP contribution in [0.3, 0.4) is 0 Å².